The Labute approximate surface area is 101 Å². The van der Waals surface area contributed by atoms with Gasteiger partial charge in [-0.2, -0.15) is 0 Å². The Bertz CT molecular complexity index is 366. The molecule has 1 aliphatic heterocycles. The van der Waals surface area contributed by atoms with E-state index in [-0.39, 0.29) is 18.6 Å². The van der Waals surface area contributed by atoms with Crippen LogP contribution in [0.3, 0.4) is 0 Å². The van der Waals surface area contributed by atoms with Crippen molar-refractivity contribution < 1.29 is 14.6 Å². The summed E-state index contributed by atoms with van der Waals surface area (Å²) in [5, 5.41) is 8.80. The van der Waals surface area contributed by atoms with Crippen molar-refractivity contribution in [1.82, 2.24) is 4.90 Å². The molecule has 1 N–H and O–H groups in total. The van der Waals surface area contributed by atoms with E-state index in [9.17, 15) is 4.79 Å². The number of rotatable bonds is 5. The van der Waals surface area contributed by atoms with Crippen molar-refractivity contribution in [3.8, 4) is 0 Å². The normalized spacial score (nSPS) is 19.9. The van der Waals surface area contributed by atoms with Gasteiger partial charge in [0.05, 0.1) is 13.2 Å². The molecule has 0 saturated carbocycles. The SMILES string of the molecule is O=C1[C@@H](OCc2ccccc2)CCN1CCO. The van der Waals surface area contributed by atoms with Gasteiger partial charge in [-0.25, -0.2) is 0 Å². The lowest BCUT2D eigenvalue weighted by Crippen LogP contribution is -2.32. The number of aliphatic hydroxyl groups excluding tert-OH is 1. The van der Waals surface area contributed by atoms with Crippen molar-refractivity contribution in [1.29, 1.82) is 0 Å². The van der Waals surface area contributed by atoms with Crippen LogP contribution in [0.25, 0.3) is 0 Å². The van der Waals surface area contributed by atoms with E-state index in [4.69, 9.17) is 9.84 Å². The van der Waals surface area contributed by atoms with Crippen molar-refractivity contribution in [3.63, 3.8) is 0 Å². The summed E-state index contributed by atoms with van der Waals surface area (Å²) in [5.74, 6) is -0.00465. The Morgan fingerprint density at radius 1 is 1.35 bits per heavy atom. The quantitative estimate of drug-likeness (QED) is 0.821. The van der Waals surface area contributed by atoms with Gasteiger partial charge in [0.25, 0.3) is 5.91 Å². The summed E-state index contributed by atoms with van der Waals surface area (Å²) >= 11 is 0. The number of likely N-dealkylation sites (tertiary alicyclic amines) is 1. The standard InChI is InChI=1S/C13H17NO3/c15-9-8-14-7-6-12(13(14)16)17-10-11-4-2-1-3-5-11/h1-5,12,15H,6-10H2/t12-/m0/s1. The summed E-state index contributed by atoms with van der Waals surface area (Å²) in [6, 6.07) is 9.81. The fourth-order valence-electron chi connectivity index (χ4n) is 1.98. The molecule has 4 nitrogen and oxygen atoms in total. The van der Waals surface area contributed by atoms with Gasteiger partial charge in [0.15, 0.2) is 0 Å². The van der Waals surface area contributed by atoms with Gasteiger partial charge in [0.1, 0.15) is 6.10 Å². The van der Waals surface area contributed by atoms with Crippen molar-refractivity contribution in [2.45, 2.75) is 19.1 Å². The molecule has 1 aliphatic rings. The highest BCUT2D eigenvalue weighted by Gasteiger charge is 2.31. The zero-order valence-electron chi connectivity index (χ0n) is 9.71. The number of nitrogens with zero attached hydrogens (tertiary/aromatic N) is 1. The molecule has 0 radical (unpaired) electrons. The Balaban J connectivity index is 1.83. The molecule has 1 fully saturated rings. The summed E-state index contributed by atoms with van der Waals surface area (Å²) in [4.78, 5) is 13.5. The maximum absolute atomic E-state index is 11.8. The Morgan fingerprint density at radius 3 is 2.82 bits per heavy atom. The summed E-state index contributed by atoms with van der Waals surface area (Å²) in [5.41, 5.74) is 1.07. The number of carbonyl (C=O) groups is 1. The monoisotopic (exact) mass is 235 g/mol. The van der Waals surface area contributed by atoms with Crippen LogP contribution in [-0.2, 0) is 16.1 Å². The van der Waals surface area contributed by atoms with Crippen LogP contribution in [0.5, 0.6) is 0 Å². The number of hydrogen-bond donors (Lipinski definition) is 1. The van der Waals surface area contributed by atoms with Crippen LogP contribution in [0.1, 0.15) is 12.0 Å². The van der Waals surface area contributed by atoms with Crippen molar-refractivity contribution >= 4 is 5.91 Å². The first-order valence-corrected chi connectivity index (χ1v) is 5.86. The minimum Gasteiger partial charge on any atom is -0.395 e. The van der Waals surface area contributed by atoms with Gasteiger partial charge in [-0.05, 0) is 5.56 Å². The minimum absolute atomic E-state index is 0.00465. The number of benzene rings is 1. The number of amides is 1. The maximum Gasteiger partial charge on any atom is 0.251 e. The highest BCUT2D eigenvalue weighted by molar-refractivity contribution is 5.83. The third-order valence-electron chi connectivity index (χ3n) is 2.91. The van der Waals surface area contributed by atoms with Crippen LogP contribution in [-0.4, -0.2) is 41.7 Å². The second kappa shape index (κ2) is 5.80. The Hall–Kier alpha value is -1.39. The fraction of sp³-hybridized carbons (Fsp3) is 0.462. The molecule has 1 atom stereocenters. The van der Waals surface area contributed by atoms with Crippen LogP contribution in [0, 0.1) is 0 Å². The molecule has 1 aromatic carbocycles. The largest absolute Gasteiger partial charge is 0.395 e. The third kappa shape index (κ3) is 3.05. The van der Waals surface area contributed by atoms with Crippen LogP contribution in [0.15, 0.2) is 30.3 Å². The van der Waals surface area contributed by atoms with Gasteiger partial charge in [0.2, 0.25) is 0 Å². The highest BCUT2D eigenvalue weighted by Crippen LogP contribution is 2.15. The van der Waals surface area contributed by atoms with Gasteiger partial charge in [0, 0.05) is 19.5 Å². The molecule has 0 bridgehead atoms. The van der Waals surface area contributed by atoms with Crippen LogP contribution in [0.2, 0.25) is 0 Å². The average molecular weight is 235 g/mol. The van der Waals surface area contributed by atoms with E-state index in [0.29, 0.717) is 26.1 Å². The van der Waals surface area contributed by atoms with E-state index in [0.717, 1.165) is 5.56 Å². The van der Waals surface area contributed by atoms with E-state index in [1.54, 1.807) is 4.90 Å². The first-order valence-electron chi connectivity index (χ1n) is 5.86. The van der Waals surface area contributed by atoms with Gasteiger partial charge in [-0.15, -0.1) is 0 Å². The maximum atomic E-state index is 11.8. The smallest absolute Gasteiger partial charge is 0.251 e. The molecule has 4 heteroatoms. The lowest BCUT2D eigenvalue weighted by molar-refractivity contribution is -0.138. The lowest BCUT2D eigenvalue weighted by Gasteiger charge is -2.15. The molecular weight excluding hydrogens is 218 g/mol. The number of β-amino-alcohol motifs (C(OH)–C–C–N with tert-alkyl or cyclic N) is 1. The molecule has 1 amide bonds. The molecule has 0 aromatic heterocycles. The van der Waals surface area contributed by atoms with E-state index in [1.165, 1.54) is 0 Å². The summed E-state index contributed by atoms with van der Waals surface area (Å²) in [7, 11) is 0. The molecule has 1 heterocycles. The van der Waals surface area contributed by atoms with E-state index >= 15 is 0 Å². The molecule has 0 unspecified atom stereocenters. The number of carbonyl (C=O) groups excluding carboxylic acids is 1. The van der Waals surface area contributed by atoms with Gasteiger partial charge < -0.3 is 14.7 Å². The Morgan fingerprint density at radius 2 is 2.12 bits per heavy atom. The van der Waals surface area contributed by atoms with Gasteiger partial charge >= 0.3 is 0 Å². The van der Waals surface area contributed by atoms with E-state index < -0.39 is 0 Å². The van der Waals surface area contributed by atoms with Crippen molar-refractivity contribution in [2.24, 2.45) is 0 Å². The summed E-state index contributed by atoms with van der Waals surface area (Å²) < 4.78 is 5.60. The zero-order chi connectivity index (χ0) is 12.1. The molecular formula is C13H17NO3. The predicted molar refractivity (Wildman–Crippen MR) is 63.3 cm³/mol. The van der Waals surface area contributed by atoms with Crippen LogP contribution in [0.4, 0.5) is 0 Å². The number of ether oxygens (including phenoxy) is 1. The molecule has 92 valence electrons. The average Bonchev–Trinajstić information content (AvgIpc) is 2.70. The number of hydrogen-bond acceptors (Lipinski definition) is 3. The molecule has 0 spiro atoms. The van der Waals surface area contributed by atoms with Crippen LogP contribution >= 0.6 is 0 Å². The highest BCUT2D eigenvalue weighted by atomic mass is 16.5. The molecule has 17 heavy (non-hydrogen) atoms. The molecule has 1 saturated heterocycles. The fourth-order valence-corrected chi connectivity index (χ4v) is 1.98. The second-order valence-corrected chi connectivity index (χ2v) is 4.12. The topological polar surface area (TPSA) is 49.8 Å². The molecule has 1 aromatic rings. The predicted octanol–water partition coefficient (Wildman–Crippen LogP) is 0.796. The van der Waals surface area contributed by atoms with Crippen molar-refractivity contribution in [3.05, 3.63) is 35.9 Å². The first kappa shape index (κ1) is 12.1. The van der Waals surface area contributed by atoms with E-state index in [1.807, 2.05) is 30.3 Å². The second-order valence-electron chi connectivity index (χ2n) is 4.12. The van der Waals surface area contributed by atoms with Gasteiger partial charge in [-0.1, -0.05) is 30.3 Å². The van der Waals surface area contributed by atoms with Crippen LogP contribution < -0.4 is 0 Å². The Kier molecular flexibility index (Phi) is 4.12. The molecule has 2 rings (SSSR count). The molecule has 0 aliphatic carbocycles. The van der Waals surface area contributed by atoms with Crippen molar-refractivity contribution in [2.75, 3.05) is 19.7 Å². The zero-order valence-corrected chi connectivity index (χ0v) is 9.71. The first-order chi connectivity index (χ1) is 8.31. The third-order valence-corrected chi connectivity index (χ3v) is 2.91. The van der Waals surface area contributed by atoms with E-state index in [2.05, 4.69) is 0 Å². The number of aliphatic hydroxyl groups is 1. The summed E-state index contributed by atoms with van der Waals surface area (Å²) in [6.45, 7) is 1.56. The summed E-state index contributed by atoms with van der Waals surface area (Å²) in [6.07, 6.45) is 0.368. The lowest BCUT2D eigenvalue weighted by atomic mass is 10.2. The minimum atomic E-state index is -0.346. The van der Waals surface area contributed by atoms with Gasteiger partial charge in [-0.3, -0.25) is 4.79 Å².